The van der Waals surface area contributed by atoms with Gasteiger partial charge in [-0.15, -0.1) is 0 Å². The third-order valence-corrected chi connectivity index (χ3v) is 4.17. The average Bonchev–Trinajstić information content (AvgIpc) is 2.74. The van der Waals surface area contributed by atoms with E-state index in [1.165, 1.54) is 24.8 Å². The van der Waals surface area contributed by atoms with Gasteiger partial charge in [-0.3, -0.25) is 4.84 Å². The number of benzene rings is 1. The van der Waals surface area contributed by atoms with Gasteiger partial charge in [-0.05, 0) is 30.9 Å². The third-order valence-electron chi connectivity index (χ3n) is 3.80. The van der Waals surface area contributed by atoms with Crippen LogP contribution in [0.2, 0.25) is 5.02 Å². The van der Waals surface area contributed by atoms with E-state index in [4.69, 9.17) is 16.4 Å². The van der Waals surface area contributed by atoms with Crippen molar-refractivity contribution in [3.05, 3.63) is 34.9 Å². The van der Waals surface area contributed by atoms with E-state index in [-0.39, 0.29) is 0 Å². The zero-order valence-corrected chi connectivity index (χ0v) is 10.7. The van der Waals surface area contributed by atoms with Crippen molar-refractivity contribution in [1.29, 1.82) is 0 Å². The van der Waals surface area contributed by atoms with Gasteiger partial charge in [0.2, 0.25) is 0 Å². The van der Waals surface area contributed by atoms with Crippen LogP contribution in [0.1, 0.15) is 31.2 Å². The van der Waals surface area contributed by atoms with Crippen LogP contribution < -0.4 is 0 Å². The Labute approximate surface area is 107 Å². The number of halogens is 1. The molecule has 2 atom stereocenters. The van der Waals surface area contributed by atoms with Crippen LogP contribution in [0, 0.1) is 0 Å². The fourth-order valence-electron chi connectivity index (χ4n) is 2.92. The van der Waals surface area contributed by atoms with Crippen molar-refractivity contribution < 1.29 is 4.84 Å². The van der Waals surface area contributed by atoms with Crippen molar-refractivity contribution >= 4 is 11.6 Å². The maximum Gasteiger partial charge on any atom is 0.0849 e. The molecule has 17 heavy (non-hydrogen) atoms. The molecule has 3 rings (SSSR count). The Balaban J connectivity index is 1.65. The van der Waals surface area contributed by atoms with Crippen LogP contribution >= 0.6 is 11.6 Å². The lowest BCUT2D eigenvalue weighted by atomic mass is 9.97. The number of piperidine rings is 1. The standard InChI is InChI=1S/C14H18ClNO/c15-14-7-2-1-5-11(14)9-13-10-12-6-3-4-8-16(12)17-13/h1-2,5,7,12-13H,3-4,6,8-10H2. The summed E-state index contributed by atoms with van der Waals surface area (Å²) in [4.78, 5) is 6.00. The van der Waals surface area contributed by atoms with Gasteiger partial charge in [-0.25, -0.2) is 0 Å². The molecule has 0 amide bonds. The number of hydroxylamine groups is 2. The summed E-state index contributed by atoms with van der Waals surface area (Å²) in [5.41, 5.74) is 1.21. The molecule has 2 aliphatic heterocycles. The normalized spacial score (nSPS) is 29.2. The molecule has 2 fully saturated rings. The van der Waals surface area contributed by atoms with Crippen LogP contribution in [0.15, 0.2) is 24.3 Å². The smallest absolute Gasteiger partial charge is 0.0849 e. The topological polar surface area (TPSA) is 12.5 Å². The van der Waals surface area contributed by atoms with E-state index in [0.29, 0.717) is 12.1 Å². The zero-order valence-electron chi connectivity index (χ0n) is 9.94. The average molecular weight is 252 g/mol. The van der Waals surface area contributed by atoms with Crippen LogP contribution in [0.25, 0.3) is 0 Å². The lowest BCUT2D eigenvalue weighted by Gasteiger charge is -2.26. The van der Waals surface area contributed by atoms with Gasteiger partial charge in [0.25, 0.3) is 0 Å². The Kier molecular flexibility index (Phi) is 3.37. The Morgan fingerprint density at radius 2 is 2.18 bits per heavy atom. The van der Waals surface area contributed by atoms with Crippen LogP contribution in [0.5, 0.6) is 0 Å². The highest BCUT2D eigenvalue weighted by atomic mass is 35.5. The van der Waals surface area contributed by atoms with Gasteiger partial charge in [0.1, 0.15) is 0 Å². The Hall–Kier alpha value is -0.570. The summed E-state index contributed by atoms with van der Waals surface area (Å²) in [6, 6.07) is 8.73. The molecule has 0 bridgehead atoms. The maximum atomic E-state index is 6.19. The minimum atomic E-state index is 0.318. The third kappa shape index (κ3) is 2.49. The summed E-state index contributed by atoms with van der Waals surface area (Å²) in [6.07, 6.45) is 6.33. The van der Waals surface area contributed by atoms with Gasteiger partial charge in [0, 0.05) is 24.0 Å². The molecule has 1 aromatic rings. The van der Waals surface area contributed by atoms with Crippen LogP contribution in [0.3, 0.4) is 0 Å². The minimum absolute atomic E-state index is 0.318. The number of hydrogen-bond donors (Lipinski definition) is 0. The molecule has 0 aromatic heterocycles. The molecule has 2 heterocycles. The quantitative estimate of drug-likeness (QED) is 0.798. The predicted octanol–water partition coefficient (Wildman–Crippen LogP) is 3.44. The number of rotatable bonds is 2. The Morgan fingerprint density at radius 1 is 1.29 bits per heavy atom. The molecule has 2 nitrogen and oxygen atoms in total. The first-order valence-electron chi connectivity index (χ1n) is 6.50. The minimum Gasteiger partial charge on any atom is -0.295 e. The predicted molar refractivity (Wildman–Crippen MR) is 69.0 cm³/mol. The van der Waals surface area contributed by atoms with E-state index in [1.54, 1.807) is 0 Å². The van der Waals surface area contributed by atoms with Crippen molar-refractivity contribution in [3.8, 4) is 0 Å². The molecule has 0 radical (unpaired) electrons. The summed E-state index contributed by atoms with van der Waals surface area (Å²) in [7, 11) is 0. The number of nitrogens with zero attached hydrogens (tertiary/aromatic N) is 1. The molecule has 2 unspecified atom stereocenters. The lowest BCUT2D eigenvalue weighted by Crippen LogP contribution is -2.32. The molecule has 2 saturated heterocycles. The Morgan fingerprint density at radius 3 is 3.00 bits per heavy atom. The summed E-state index contributed by atoms with van der Waals surface area (Å²) < 4.78 is 0. The van der Waals surface area contributed by atoms with E-state index < -0.39 is 0 Å². The van der Waals surface area contributed by atoms with E-state index in [0.717, 1.165) is 24.4 Å². The van der Waals surface area contributed by atoms with Crippen molar-refractivity contribution in [1.82, 2.24) is 5.06 Å². The van der Waals surface area contributed by atoms with Crippen LogP contribution in [-0.4, -0.2) is 23.8 Å². The fraction of sp³-hybridized carbons (Fsp3) is 0.571. The van der Waals surface area contributed by atoms with Crippen LogP contribution in [0.4, 0.5) is 0 Å². The van der Waals surface area contributed by atoms with Crippen molar-refractivity contribution in [2.75, 3.05) is 6.54 Å². The molecule has 3 heteroatoms. The molecule has 0 N–H and O–H groups in total. The first-order valence-corrected chi connectivity index (χ1v) is 6.87. The molecule has 0 spiro atoms. The van der Waals surface area contributed by atoms with Gasteiger partial charge >= 0.3 is 0 Å². The molecule has 92 valence electrons. The van der Waals surface area contributed by atoms with Gasteiger partial charge in [0.05, 0.1) is 6.10 Å². The Bertz CT molecular complexity index is 382. The number of fused-ring (bicyclic) bond motifs is 1. The first-order chi connectivity index (χ1) is 8.33. The highest BCUT2D eigenvalue weighted by Crippen LogP contribution is 2.31. The zero-order chi connectivity index (χ0) is 11.7. The lowest BCUT2D eigenvalue weighted by molar-refractivity contribution is -0.170. The van der Waals surface area contributed by atoms with E-state index >= 15 is 0 Å². The van der Waals surface area contributed by atoms with Crippen LogP contribution in [-0.2, 0) is 11.3 Å². The summed E-state index contributed by atoms with van der Waals surface area (Å²) >= 11 is 6.19. The largest absolute Gasteiger partial charge is 0.295 e. The van der Waals surface area contributed by atoms with Crippen molar-refractivity contribution in [2.24, 2.45) is 0 Å². The van der Waals surface area contributed by atoms with Crippen molar-refractivity contribution in [2.45, 2.75) is 44.2 Å². The second kappa shape index (κ2) is 4.97. The molecule has 0 saturated carbocycles. The first kappa shape index (κ1) is 11.5. The highest BCUT2D eigenvalue weighted by Gasteiger charge is 2.34. The van der Waals surface area contributed by atoms with E-state index in [1.807, 2.05) is 18.2 Å². The van der Waals surface area contributed by atoms with Crippen molar-refractivity contribution in [3.63, 3.8) is 0 Å². The summed E-state index contributed by atoms with van der Waals surface area (Å²) in [5, 5.41) is 3.06. The van der Waals surface area contributed by atoms with Gasteiger partial charge in [0.15, 0.2) is 0 Å². The monoisotopic (exact) mass is 251 g/mol. The molecular formula is C14H18ClNO. The summed E-state index contributed by atoms with van der Waals surface area (Å²) in [6.45, 7) is 1.10. The fourth-order valence-corrected chi connectivity index (χ4v) is 3.13. The second-order valence-corrected chi connectivity index (χ2v) is 5.46. The highest BCUT2D eigenvalue weighted by molar-refractivity contribution is 6.31. The second-order valence-electron chi connectivity index (χ2n) is 5.05. The van der Waals surface area contributed by atoms with E-state index in [9.17, 15) is 0 Å². The van der Waals surface area contributed by atoms with Gasteiger partial charge in [-0.1, -0.05) is 36.2 Å². The molecule has 2 aliphatic rings. The van der Waals surface area contributed by atoms with Gasteiger partial charge < -0.3 is 0 Å². The summed E-state index contributed by atoms with van der Waals surface area (Å²) in [5.74, 6) is 0. The molecule has 1 aromatic carbocycles. The number of hydrogen-bond acceptors (Lipinski definition) is 2. The molecular weight excluding hydrogens is 234 g/mol. The van der Waals surface area contributed by atoms with Gasteiger partial charge in [-0.2, -0.15) is 5.06 Å². The van der Waals surface area contributed by atoms with E-state index in [2.05, 4.69) is 11.1 Å². The maximum absolute atomic E-state index is 6.19. The molecule has 0 aliphatic carbocycles. The SMILES string of the molecule is Clc1ccccc1CC1CC2CCCCN2O1.